The Labute approximate surface area is 164 Å². The average Bonchev–Trinajstić information content (AvgIpc) is 2.60. The Bertz CT molecular complexity index is 709. The molecule has 1 aromatic carbocycles. The van der Waals surface area contributed by atoms with Crippen LogP contribution in [0, 0.1) is 0 Å². The minimum absolute atomic E-state index is 0.125. The van der Waals surface area contributed by atoms with Gasteiger partial charge in [-0.2, -0.15) is 0 Å². The van der Waals surface area contributed by atoms with Gasteiger partial charge in [0.05, 0.1) is 7.11 Å². The molecule has 2 aromatic rings. The number of pyridine rings is 1. The summed E-state index contributed by atoms with van der Waals surface area (Å²) in [6.45, 7) is 11.1. The van der Waals surface area contributed by atoms with Gasteiger partial charge in [0, 0.05) is 42.6 Å². The number of benzene rings is 1. The summed E-state index contributed by atoms with van der Waals surface area (Å²) in [5.41, 5.74) is 2.83. The lowest BCUT2D eigenvalue weighted by Crippen LogP contribution is -2.62. The molecule has 0 amide bonds. The Morgan fingerprint density at radius 2 is 1.63 bits per heavy atom. The molecule has 1 N–H and O–H groups in total. The molecule has 0 unspecified atom stereocenters. The first-order valence-corrected chi connectivity index (χ1v) is 9.82. The van der Waals surface area contributed by atoms with Crippen molar-refractivity contribution in [1.29, 1.82) is 0 Å². The van der Waals surface area contributed by atoms with Gasteiger partial charge in [0.1, 0.15) is 5.75 Å². The van der Waals surface area contributed by atoms with E-state index in [4.69, 9.17) is 4.74 Å². The van der Waals surface area contributed by atoms with Gasteiger partial charge >= 0.3 is 0 Å². The molecule has 27 heavy (non-hydrogen) atoms. The molecular weight excluding hydrogens is 334 g/mol. The van der Waals surface area contributed by atoms with Crippen molar-refractivity contribution in [2.45, 2.75) is 70.7 Å². The van der Waals surface area contributed by atoms with Gasteiger partial charge < -0.3 is 10.1 Å². The molecular formula is C23H33N3O. The van der Waals surface area contributed by atoms with Crippen LogP contribution in [-0.4, -0.2) is 34.1 Å². The number of hydrogen-bond donors (Lipinski definition) is 1. The van der Waals surface area contributed by atoms with E-state index in [1.807, 2.05) is 30.6 Å². The van der Waals surface area contributed by atoms with E-state index in [0.717, 1.165) is 31.7 Å². The first-order chi connectivity index (χ1) is 12.8. The Kier molecular flexibility index (Phi) is 5.87. The summed E-state index contributed by atoms with van der Waals surface area (Å²) in [5.74, 6) is 0.904. The lowest BCUT2D eigenvalue weighted by atomic mass is 9.79. The molecule has 1 saturated heterocycles. The van der Waals surface area contributed by atoms with Crippen LogP contribution in [0.4, 0.5) is 0 Å². The summed E-state index contributed by atoms with van der Waals surface area (Å²) >= 11 is 0. The fourth-order valence-corrected chi connectivity index (χ4v) is 4.53. The summed E-state index contributed by atoms with van der Waals surface area (Å²) in [6, 6.07) is 13.2. The molecule has 0 saturated carbocycles. The highest BCUT2D eigenvalue weighted by atomic mass is 16.5. The molecule has 2 heterocycles. The minimum Gasteiger partial charge on any atom is -0.497 e. The molecule has 0 atom stereocenters. The molecule has 1 aliphatic rings. The third-order valence-electron chi connectivity index (χ3n) is 5.34. The van der Waals surface area contributed by atoms with Crippen LogP contribution in [0.1, 0.15) is 51.7 Å². The number of nitrogens with zero attached hydrogens (tertiary/aromatic N) is 2. The van der Waals surface area contributed by atoms with Crippen molar-refractivity contribution in [3.63, 3.8) is 0 Å². The van der Waals surface area contributed by atoms with Crippen molar-refractivity contribution in [3.8, 4) is 5.75 Å². The highest BCUT2D eigenvalue weighted by molar-refractivity contribution is 5.27. The number of aromatic nitrogens is 1. The van der Waals surface area contributed by atoms with Crippen LogP contribution in [0.25, 0.3) is 0 Å². The van der Waals surface area contributed by atoms with Gasteiger partial charge in [-0.05, 0) is 69.9 Å². The van der Waals surface area contributed by atoms with Crippen molar-refractivity contribution in [2.75, 3.05) is 7.11 Å². The van der Waals surface area contributed by atoms with E-state index in [0.29, 0.717) is 6.04 Å². The Morgan fingerprint density at radius 3 is 2.19 bits per heavy atom. The number of ether oxygens (including phenoxy) is 1. The van der Waals surface area contributed by atoms with E-state index in [1.54, 1.807) is 7.11 Å². The van der Waals surface area contributed by atoms with Crippen molar-refractivity contribution < 1.29 is 4.74 Å². The zero-order valence-electron chi connectivity index (χ0n) is 17.3. The Morgan fingerprint density at radius 1 is 1.00 bits per heavy atom. The molecule has 0 bridgehead atoms. The van der Waals surface area contributed by atoms with Crippen LogP contribution < -0.4 is 10.1 Å². The third-order valence-corrected chi connectivity index (χ3v) is 5.34. The van der Waals surface area contributed by atoms with E-state index in [2.05, 4.69) is 61.1 Å². The van der Waals surface area contributed by atoms with Crippen molar-refractivity contribution in [2.24, 2.45) is 0 Å². The second-order valence-electron chi connectivity index (χ2n) is 9.07. The quantitative estimate of drug-likeness (QED) is 0.821. The van der Waals surface area contributed by atoms with E-state index >= 15 is 0 Å². The third kappa shape index (κ3) is 5.53. The maximum absolute atomic E-state index is 5.31. The summed E-state index contributed by atoms with van der Waals surface area (Å²) in [6.07, 6.45) is 6.09. The predicted octanol–water partition coefficient (Wildman–Crippen LogP) is 4.40. The van der Waals surface area contributed by atoms with Gasteiger partial charge in [0.2, 0.25) is 0 Å². The van der Waals surface area contributed by atoms with Crippen molar-refractivity contribution in [3.05, 3.63) is 59.9 Å². The number of piperidine rings is 1. The van der Waals surface area contributed by atoms with Gasteiger partial charge in [0.15, 0.2) is 0 Å². The molecule has 0 spiro atoms. The summed E-state index contributed by atoms with van der Waals surface area (Å²) < 4.78 is 5.31. The lowest BCUT2D eigenvalue weighted by molar-refractivity contribution is 0.0563. The minimum atomic E-state index is 0.125. The predicted molar refractivity (Wildman–Crippen MR) is 111 cm³/mol. The van der Waals surface area contributed by atoms with Crippen LogP contribution in [0.5, 0.6) is 5.75 Å². The highest BCUT2D eigenvalue weighted by Crippen LogP contribution is 2.33. The second-order valence-corrected chi connectivity index (χ2v) is 9.07. The van der Waals surface area contributed by atoms with Gasteiger partial charge in [-0.15, -0.1) is 0 Å². The Hall–Kier alpha value is -1.91. The van der Waals surface area contributed by atoms with Crippen molar-refractivity contribution in [1.82, 2.24) is 15.2 Å². The molecule has 4 heteroatoms. The summed E-state index contributed by atoms with van der Waals surface area (Å²) in [5, 5.41) is 3.80. The van der Waals surface area contributed by atoms with Crippen LogP contribution in [0.2, 0.25) is 0 Å². The van der Waals surface area contributed by atoms with Crippen LogP contribution in [-0.2, 0) is 13.1 Å². The topological polar surface area (TPSA) is 37.4 Å². The maximum atomic E-state index is 5.31. The molecule has 146 valence electrons. The number of rotatable bonds is 6. The molecule has 1 aliphatic heterocycles. The van der Waals surface area contributed by atoms with E-state index < -0.39 is 0 Å². The standard InChI is InChI=1S/C23H33N3O/c1-22(2)13-20(14-23(3,4)25-22)26(17-19-7-6-12-24-15-19)16-18-8-10-21(27-5)11-9-18/h6-12,15,20,25H,13-14,16-17H2,1-5H3. The fraction of sp³-hybridized carbons (Fsp3) is 0.522. The van der Waals surface area contributed by atoms with Gasteiger partial charge in [0.25, 0.3) is 0 Å². The summed E-state index contributed by atoms with van der Waals surface area (Å²) in [4.78, 5) is 6.93. The molecule has 0 aliphatic carbocycles. The zero-order chi connectivity index (χ0) is 19.5. The van der Waals surface area contributed by atoms with E-state index in [-0.39, 0.29) is 11.1 Å². The summed E-state index contributed by atoms with van der Waals surface area (Å²) in [7, 11) is 1.71. The van der Waals surface area contributed by atoms with Gasteiger partial charge in [-0.1, -0.05) is 18.2 Å². The molecule has 3 rings (SSSR count). The molecule has 1 fully saturated rings. The number of hydrogen-bond acceptors (Lipinski definition) is 4. The largest absolute Gasteiger partial charge is 0.497 e. The van der Waals surface area contributed by atoms with Gasteiger partial charge in [-0.25, -0.2) is 0 Å². The van der Waals surface area contributed by atoms with E-state index in [9.17, 15) is 0 Å². The zero-order valence-corrected chi connectivity index (χ0v) is 17.3. The molecule has 0 radical (unpaired) electrons. The first-order valence-electron chi connectivity index (χ1n) is 9.82. The normalized spacial score (nSPS) is 19.2. The average molecular weight is 368 g/mol. The maximum Gasteiger partial charge on any atom is 0.118 e. The molecule has 4 nitrogen and oxygen atoms in total. The SMILES string of the molecule is COc1ccc(CN(Cc2cccnc2)C2CC(C)(C)NC(C)(C)C2)cc1. The van der Waals surface area contributed by atoms with Gasteiger partial charge in [-0.3, -0.25) is 9.88 Å². The second kappa shape index (κ2) is 7.99. The fourth-order valence-electron chi connectivity index (χ4n) is 4.53. The monoisotopic (exact) mass is 367 g/mol. The van der Waals surface area contributed by atoms with Crippen LogP contribution in [0.15, 0.2) is 48.8 Å². The van der Waals surface area contributed by atoms with E-state index in [1.165, 1.54) is 11.1 Å². The Balaban J connectivity index is 1.84. The van der Waals surface area contributed by atoms with Crippen LogP contribution >= 0.6 is 0 Å². The van der Waals surface area contributed by atoms with Crippen LogP contribution in [0.3, 0.4) is 0 Å². The number of methoxy groups -OCH3 is 1. The first kappa shape index (κ1) is 19.8. The highest BCUT2D eigenvalue weighted by Gasteiger charge is 2.39. The molecule has 1 aromatic heterocycles. The number of nitrogens with one attached hydrogen (secondary N) is 1. The van der Waals surface area contributed by atoms with Crippen molar-refractivity contribution >= 4 is 0 Å². The smallest absolute Gasteiger partial charge is 0.118 e. The lowest BCUT2D eigenvalue weighted by Gasteiger charge is -2.49.